The van der Waals surface area contributed by atoms with Crippen LogP contribution in [0.25, 0.3) is 0 Å². The second-order valence-electron chi connectivity index (χ2n) is 1.66. The lowest BCUT2D eigenvalue weighted by atomic mass is 10.4. The zero-order valence-corrected chi connectivity index (χ0v) is 5.31. The largest absolute Gasteiger partial charge is 0.370 e. The van der Waals surface area contributed by atoms with Crippen LogP contribution in [0.3, 0.4) is 0 Å². The lowest BCUT2D eigenvalue weighted by Crippen LogP contribution is -2.26. The Labute approximate surface area is 51.8 Å². The number of hydrogen-bond acceptors (Lipinski definition) is 4. The zero-order chi connectivity index (χ0) is 6.15. The Kier molecular flexibility index (Phi) is 1.55. The Morgan fingerprint density at radius 1 is 2.00 bits per heavy atom. The van der Waals surface area contributed by atoms with Crippen LogP contribution in [0, 0.1) is 0 Å². The maximum atomic E-state index is 10.5. The molecule has 0 radical (unpaired) electrons. The fourth-order valence-corrected chi connectivity index (χ4v) is 1.25. The molecule has 1 atom stereocenters. The molecule has 46 valence electrons. The molecule has 1 heterocycles. The van der Waals surface area contributed by atoms with Crippen LogP contribution in [0.1, 0.15) is 0 Å². The second kappa shape index (κ2) is 2.05. The van der Waals surface area contributed by atoms with Crippen LogP contribution >= 0.6 is 11.9 Å². The number of ketones is 1. The topological polar surface area (TPSA) is 40.5 Å². The molecular weight excluding hydrogens is 126 g/mol. The summed E-state index contributed by atoms with van der Waals surface area (Å²) < 4.78 is 1.54. The van der Waals surface area contributed by atoms with Crippen molar-refractivity contribution in [3.63, 3.8) is 0 Å². The lowest BCUT2D eigenvalue weighted by Gasteiger charge is -2.07. The van der Waals surface area contributed by atoms with Gasteiger partial charge in [-0.15, -0.1) is 0 Å². The Bertz CT molecular complexity index is 117. The quantitative estimate of drug-likeness (QED) is 0.451. The summed E-state index contributed by atoms with van der Waals surface area (Å²) in [5, 5.41) is 8.82. The van der Waals surface area contributed by atoms with E-state index in [1.165, 1.54) is 11.9 Å². The molecule has 0 aliphatic carbocycles. The van der Waals surface area contributed by atoms with Crippen LogP contribution in [-0.4, -0.2) is 34.2 Å². The van der Waals surface area contributed by atoms with Gasteiger partial charge in [-0.2, -0.15) is 0 Å². The van der Waals surface area contributed by atoms with Crippen molar-refractivity contribution >= 4 is 17.7 Å². The normalized spacial score (nSPS) is 31.8. The summed E-state index contributed by atoms with van der Waals surface area (Å²) >= 11 is 1.35. The second-order valence-corrected chi connectivity index (χ2v) is 2.78. The third-order valence-electron chi connectivity index (χ3n) is 1.04. The van der Waals surface area contributed by atoms with Crippen molar-refractivity contribution in [2.75, 3.05) is 12.8 Å². The number of hydrogen-bond donors (Lipinski definition) is 1. The van der Waals surface area contributed by atoms with E-state index in [-0.39, 0.29) is 5.78 Å². The van der Waals surface area contributed by atoms with Crippen LogP contribution < -0.4 is 0 Å². The monoisotopic (exact) mass is 133 g/mol. The Morgan fingerprint density at radius 3 is 2.75 bits per heavy atom. The molecule has 0 aromatic heterocycles. The molecule has 0 aromatic carbocycles. The molecule has 1 rings (SSSR count). The molecule has 0 saturated carbocycles. The van der Waals surface area contributed by atoms with E-state index in [1.807, 2.05) is 0 Å². The highest BCUT2D eigenvalue weighted by Crippen LogP contribution is 2.18. The van der Waals surface area contributed by atoms with E-state index in [0.717, 1.165) is 0 Å². The molecule has 1 unspecified atom stereocenters. The van der Waals surface area contributed by atoms with Crippen molar-refractivity contribution in [1.82, 2.24) is 4.31 Å². The number of carbonyl (C=O) groups excluding carboxylic acids is 1. The van der Waals surface area contributed by atoms with Gasteiger partial charge in [-0.3, -0.25) is 4.79 Å². The minimum Gasteiger partial charge on any atom is -0.370 e. The van der Waals surface area contributed by atoms with E-state index in [1.54, 1.807) is 11.4 Å². The third-order valence-corrected chi connectivity index (χ3v) is 2.06. The van der Waals surface area contributed by atoms with Crippen molar-refractivity contribution in [2.24, 2.45) is 0 Å². The first-order valence-electron chi connectivity index (χ1n) is 2.28. The molecule has 0 aromatic rings. The molecule has 0 bridgehead atoms. The summed E-state index contributed by atoms with van der Waals surface area (Å²) in [6.45, 7) is 0. The standard InChI is InChI=1S/C4H7NO2S/c1-5-4(7)3(6)2-8-5/h4,7H,2H2,1H3. The zero-order valence-electron chi connectivity index (χ0n) is 4.50. The maximum absolute atomic E-state index is 10.5. The van der Waals surface area contributed by atoms with Gasteiger partial charge in [0.2, 0.25) is 0 Å². The minimum absolute atomic E-state index is 0.0995. The Hall–Kier alpha value is -0.0600. The van der Waals surface area contributed by atoms with E-state index >= 15 is 0 Å². The molecule has 1 aliphatic heterocycles. The molecule has 3 nitrogen and oxygen atoms in total. The average molecular weight is 133 g/mol. The number of carbonyl (C=O) groups is 1. The first kappa shape index (κ1) is 6.07. The summed E-state index contributed by atoms with van der Waals surface area (Å²) in [4.78, 5) is 10.5. The van der Waals surface area contributed by atoms with Crippen molar-refractivity contribution in [1.29, 1.82) is 0 Å². The van der Waals surface area contributed by atoms with Crippen LogP contribution in [0.2, 0.25) is 0 Å². The predicted molar refractivity (Wildman–Crippen MR) is 31.2 cm³/mol. The predicted octanol–water partition coefficient (Wildman–Crippen LogP) is -0.533. The average Bonchev–Trinajstić information content (AvgIpc) is 1.98. The summed E-state index contributed by atoms with van der Waals surface area (Å²) in [7, 11) is 1.69. The first-order valence-corrected chi connectivity index (χ1v) is 3.22. The number of likely N-dealkylation sites (N-methyl/N-ethyl adjacent to an activating group) is 1. The van der Waals surface area contributed by atoms with E-state index in [9.17, 15) is 4.79 Å². The van der Waals surface area contributed by atoms with Gasteiger partial charge in [-0.05, 0) is 0 Å². The molecule has 1 saturated heterocycles. The summed E-state index contributed by atoms with van der Waals surface area (Å²) in [6.07, 6.45) is -0.861. The van der Waals surface area contributed by atoms with Crippen molar-refractivity contribution in [3.8, 4) is 0 Å². The molecular formula is C4H7NO2S. The highest BCUT2D eigenvalue weighted by Gasteiger charge is 2.27. The molecule has 0 amide bonds. The maximum Gasteiger partial charge on any atom is 0.188 e. The van der Waals surface area contributed by atoms with Crippen molar-refractivity contribution in [2.45, 2.75) is 6.23 Å². The van der Waals surface area contributed by atoms with Crippen LogP contribution in [0.5, 0.6) is 0 Å². The van der Waals surface area contributed by atoms with E-state index < -0.39 is 6.23 Å². The van der Waals surface area contributed by atoms with Gasteiger partial charge in [0.1, 0.15) is 0 Å². The number of nitrogens with zero attached hydrogens (tertiary/aromatic N) is 1. The summed E-state index contributed by atoms with van der Waals surface area (Å²) in [5.41, 5.74) is 0. The highest BCUT2D eigenvalue weighted by molar-refractivity contribution is 7.98. The van der Waals surface area contributed by atoms with Crippen molar-refractivity contribution in [3.05, 3.63) is 0 Å². The lowest BCUT2D eigenvalue weighted by molar-refractivity contribution is -0.127. The van der Waals surface area contributed by atoms with Crippen LogP contribution in [-0.2, 0) is 4.79 Å². The van der Waals surface area contributed by atoms with E-state index in [4.69, 9.17) is 5.11 Å². The molecule has 0 spiro atoms. The summed E-state index contributed by atoms with van der Waals surface area (Å²) in [5.74, 6) is 0.315. The van der Waals surface area contributed by atoms with Gasteiger partial charge in [-0.1, -0.05) is 11.9 Å². The van der Waals surface area contributed by atoms with Gasteiger partial charge in [0.05, 0.1) is 5.75 Å². The van der Waals surface area contributed by atoms with E-state index in [2.05, 4.69) is 0 Å². The SMILES string of the molecule is CN1SCC(=O)C1O. The minimum atomic E-state index is -0.861. The number of aliphatic hydroxyl groups excluding tert-OH is 1. The molecule has 8 heavy (non-hydrogen) atoms. The first-order chi connectivity index (χ1) is 3.72. The fourth-order valence-electron chi connectivity index (χ4n) is 0.513. The van der Waals surface area contributed by atoms with Crippen LogP contribution in [0.4, 0.5) is 0 Å². The van der Waals surface area contributed by atoms with Gasteiger partial charge in [-0.25, -0.2) is 4.31 Å². The highest BCUT2D eigenvalue weighted by atomic mass is 32.2. The smallest absolute Gasteiger partial charge is 0.188 e. The van der Waals surface area contributed by atoms with Crippen LogP contribution in [0.15, 0.2) is 0 Å². The van der Waals surface area contributed by atoms with Crippen molar-refractivity contribution < 1.29 is 9.90 Å². The van der Waals surface area contributed by atoms with Gasteiger partial charge < -0.3 is 5.11 Å². The molecule has 1 aliphatic rings. The molecule has 4 heteroatoms. The number of aliphatic hydroxyl groups is 1. The molecule has 1 N–H and O–H groups in total. The van der Waals surface area contributed by atoms with Gasteiger partial charge in [0.15, 0.2) is 12.0 Å². The molecule has 1 fully saturated rings. The van der Waals surface area contributed by atoms with Gasteiger partial charge in [0.25, 0.3) is 0 Å². The van der Waals surface area contributed by atoms with Gasteiger partial charge >= 0.3 is 0 Å². The summed E-state index contributed by atoms with van der Waals surface area (Å²) in [6, 6.07) is 0. The van der Waals surface area contributed by atoms with Gasteiger partial charge in [0, 0.05) is 7.05 Å². The Morgan fingerprint density at radius 2 is 2.62 bits per heavy atom. The fraction of sp³-hybridized carbons (Fsp3) is 0.750. The van der Waals surface area contributed by atoms with E-state index in [0.29, 0.717) is 5.75 Å². The third kappa shape index (κ3) is 0.866. The number of rotatable bonds is 0. The number of Topliss-reactive ketones (excluding diaryl/α,β-unsaturated/α-hetero) is 1. The Balaban J connectivity index is 2.56.